The highest BCUT2D eigenvalue weighted by molar-refractivity contribution is 7.90. The van der Waals surface area contributed by atoms with Crippen LogP contribution in [0.25, 0.3) is 0 Å². The molecule has 2 aromatic carbocycles. The van der Waals surface area contributed by atoms with Gasteiger partial charge in [0.15, 0.2) is 9.84 Å². The number of carboxylic acid groups (broad SMARTS) is 1. The number of aliphatic carboxylic acids is 1. The minimum absolute atomic E-state index is 0.149. The van der Waals surface area contributed by atoms with Crippen molar-refractivity contribution in [1.82, 2.24) is 4.98 Å². The first-order chi connectivity index (χ1) is 17.0. The lowest BCUT2D eigenvalue weighted by atomic mass is 10.1. The molecule has 0 atom stereocenters. The Morgan fingerprint density at radius 2 is 1.97 bits per heavy atom. The Bertz CT molecular complexity index is 1390. The summed E-state index contributed by atoms with van der Waals surface area (Å²) in [6.07, 6.45) is -3.50. The predicted octanol–water partition coefficient (Wildman–Crippen LogP) is 4.16. The third-order valence-corrected chi connectivity index (χ3v) is 7.40. The van der Waals surface area contributed by atoms with E-state index in [0.717, 1.165) is 5.69 Å². The number of fused-ring (bicyclic) bond motifs is 1. The van der Waals surface area contributed by atoms with Crippen LogP contribution in [0.1, 0.15) is 10.6 Å². The van der Waals surface area contributed by atoms with E-state index in [4.69, 9.17) is 19.4 Å². The zero-order valence-electron chi connectivity index (χ0n) is 18.5. The van der Waals surface area contributed by atoms with Crippen LogP contribution >= 0.6 is 11.3 Å². The Kier molecular flexibility index (Phi) is 8.06. The number of hydrogen-bond acceptors (Lipinski definition) is 9. The minimum Gasteiger partial charge on any atom is -0.497 e. The number of ether oxygens (including phenoxy) is 2. The molecule has 1 N–H and O–H groups in total. The summed E-state index contributed by atoms with van der Waals surface area (Å²) < 4.78 is 68.2. The number of methoxy groups -OCH3 is 1. The summed E-state index contributed by atoms with van der Waals surface area (Å²) in [5.41, 5.74) is 1.90. The van der Waals surface area contributed by atoms with Gasteiger partial charge in [-0.3, -0.25) is 0 Å². The van der Waals surface area contributed by atoms with Gasteiger partial charge in [0.2, 0.25) is 0 Å². The highest BCUT2D eigenvalue weighted by Crippen LogP contribution is 2.40. The van der Waals surface area contributed by atoms with Crippen LogP contribution in [-0.4, -0.2) is 50.9 Å². The van der Waals surface area contributed by atoms with E-state index < -0.39 is 22.0 Å². The number of halogens is 3. The van der Waals surface area contributed by atoms with Crippen molar-refractivity contribution in [3.63, 3.8) is 0 Å². The van der Waals surface area contributed by atoms with Crippen molar-refractivity contribution in [3.8, 4) is 17.6 Å². The number of carbonyl (C=O) groups is 1. The van der Waals surface area contributed by atoms with Crippen molar-refractivity contribution >= 4 is 38.5 Å². The second kappa shape index (κ2) is 10.8. The number of benzene rings is 2. The summed E-state index contributed by atoms with van der Waals surface area (Å²) in [6.45, 7) is 0.916. The number of nitrogens with zero attached hydrogens (tertiary/aromatic N) is 3. The Morgan fingerprint density at radius 1 is 1.28 bits per heavy atom. The van der Waals surface area contributed by atoms with Gasteiger partial charge in [0.1, 0.15) is 34.9 Å². The van der Waals surface area contributed by atoms with Gasteiger partial charge in [-0.1, -0.05) is 0 Å². The molecule has 0 bridgehead atoms. The van der Waals surface area contributed by atoms with Crippen molar-refractivity contribution in [2.75, 3.05) is 25.2 Å². The number of nitriles is 1. The second-order valence-electron chi connectivity index (χ2n) is 7.11. The van der Waals surface area contributed by atoms with Crippen molar-refractivity contribution in [2.24, 2.45) is 0 Å². The summed E-state index contributed by atoms with van der Waals surface area (Å²) in [5, 5.41) is 19.0. The molecule has 0 aliphatic carbocycles. The Balaban J connectivity index is 0.000000454. The van der Waals surface area contributed by atoms with E-state index in [1.54, 1.807) is 49.0 Å². The maximum absolute atomic E-state index is 12.7. The van der Waals surface area contributed by atoms with Crippen molar-refractivity contribution < 1.29 is 41.0 Å². The van der Waals surface area contributed by atoms with Gasteiger partial charge in [-0.2, -0.15) is 18.4 Å². The van der Waals surface area contributed by atoms with Crippen LogP contribution in [0, 0.1) is 11.3 Å². The Hall–Kier alpha value is -3.83. The van der Waals surface area contributed by atoms with Gasteiger partial charge in [-0.05, 0) is 30.3 Å². The summed E-state index contributed by atoms with van der Waals surface area (Å²) >= 11 is 1.31. The average Bonchev–Trinajstić information content (AvgIpc) is 3.35. The molecule has 0 amide bonds. The lowest BCUT2D eigenvalue weighted by Crippen LogP contribution is -2.29. The Labute approximate surface area is 207 Å². The highest BCUT2D eigenvalue weighted by atomic mass is 32.2. The topological polar surface area (TPSA) is 130 Å². The number of aromatic nitrogens is 1. The van der Waals surface area contributed by atoms with Crippen LogP contribution in [0.4, 0.5) is 24.5 Å². The number of rotatable bonds is 5. The largest absolute Gasteiger partial charge is 0.497 e. The minimum atomic E-state index is -5.08. The molecule has 36 heavy (non-hydrogen) atoms. The molecule has 3 aromatic rings. The third kappa shape index (κ3) is 6.23. The molecule has 0 unspecified atom stereocenters. The number of alkyl halides is 3. The molecule has 1 aliphatic heterocycles. The molecular weight excluding hydrogens is 523 g/mol. The predicted molar refractivity (Wildman–Crippen MR) is 123 cm³/mol. The molecule has 2 heterocycles. The third-order valence-electron chi connectivity index (χ3n) is 4.81. The van der Waals surface area contributed by atoms with E-state index in [2.05, 4.69) is 11.1 Å². The standard InChI is InChI=1S/C20H17N3O4S2.C2HF3O2/c1-26-15-2-4-17(14(10-15)12-21)23-7-8-27-19-11-16(3-5-18(19)23)29(24,25)13-20-22-6-9-28-20;3-2(4,5)1(6)7/h2-6,9-11H,7-8,13H2,1H3;(H,6,7). The molecule has 0 saturated carbocycles. The van der Waals surface area contributed by atoms with E-state index >= 15 is 0 Å². The van der Waals surface area contributed by atoms with Gasteiger partial charge in [0, 0.05) is 17.6 Å². The second-order valence-corrected chi connectivity index (χ2v) is 10.1. The first kappa shape index (κ1) is 26.8. The summed E-state index contributed by atoms with van der Waals surface area (Å²) in [4.78, 5) is 15.1. The fourth-order valence-electron chi connectivity index (χ4n) is 3.18. The van der Waals surface area contributed by atoms with Gasteiger partial charge in [0.05, 0.1) is 35.5 Å². The molecule has 14 heteroatoms. The lowest BCUT2D eigenvalue weighted by molar-refractivity contribution is -0.192. The molecule has 0 radical (unpaired) electrons. The van der Waals surface area contributed by atoms with Gasteiger partial charge in [-0.15, -0.1) is 11.3 Å². The van der Waals surface area contributed by atoms with Gasteiger partial charge < -0.3 is 19.5 Å². The number of thiazole rings is 1. The maximum atomic E-state index is 12.7. The number of sulfone groups is 1. The Morgan fingerprint density at radius 3 is 2.56 bits per heavy atom. The SMILES string of the molecule is COc1ccc(N2CCOc3cc(S(=O)(=O)Cc4nccs4)ccc32)c(C#N)c1.O=C(O)C(F)(F)F. The molecule has 0 saturated heterocycles. The van der Waals surface area contributed by atoms with Crippen LogP contribution in [0.2, 0.25) is 0 Å². The molecule has 1 aromatic heterocycles. The van der Waals surface area contributed by atoms with Crippen LogP contribution in [-0.2, 0) is 20.4 Å². The summed E-state index contributed by atoms with van der Waals surface area (Å²) in [7, 11) is -1.99. The zero-order valence-corrected chi connectivity index (χ0v) is 20.2. The van der Waals surface area contributed by atoms with Crippen molar-refractivity contribution in [1.29, 1.82) is 5.26 Å². The monoisotopic (exact) mass is 541 g/mol. The van der Waals surface area contributed by atoms with Crippen molar-refractivity contribution in [3.05, 3.63) is 58.5 Å². The highest BCUT2D eigenvalue weighted by Gasteiger charge is 2.38. The number of carboxylic acids is 1. The fraction of sp³-hybridized carbons (Fsp3) is 0.227. The summed E-state index contributed by atoms with van der Waals surface area (Å²) in [6, 6.07) is 12.3. The lowest BCUT2D eigenvalue weighted by Gasteiger charge is -2.32. The molecule has 4 rings (SSSR count). The van der Waals surface area contributed by atoms with Gasteiger partial charge in [-0.25, -0.2) is 18.2 Å². The summed E-state index contributed by atoms with van der Waals surface area (Å²) in [5.74, 6) is -1.84. The van der Waals surface area contributed by atoms with E-state index in [-0.39, 0.29) is 10.6 Å². The fourth-order valence-corrected chi connectivity index (χ4v) is 5.45. The van der Waals surface area contributed by atoms with Crippen LogP contribution in [0.5, 0.6) is 11.5 Å². The normalized spacial score (nSPS) is 12.9. The quantitative estimate of drug-likeness (QED) is 0.506. The van der Waals surface area contributed by atoms with E-state index in [1.165, 1.54) is 11.3 Å². The molecule has 9 nitrogen and oxygen atoms in total. The van der Waals surface area contributed by atoms with E-state index in [0.29, 0.717) is 40.9 Å². The van der Waals surface area contributed by atoms with E-state index in [1.807, 2.05) is 11.0 Å². The van der Waals surface area contributed by atoms with Crippen LogP contribution in [0.15, 0.2) is 52.9 Å². The van der Waals surface area contributed by atoms with Crippen LogP contribution < -0.4 is 14.4 Å². The zero-order chi connectivity index (χ0) is 26.5. The first-order valence-electron chi connectivity index (χ1n) is 10.00. The van der Waals surface area contributed by atoms with Gasteiger partial charge in [0.25, 0.3) is 0 Å². The smallest absolute Gasteiger partial charge is 0.490 e. The van der Waals surface area contributed by atoms with Gasteiger partial charge >= 0.3 is 12.1 Å². The average molecular weight is 542 g/mol. The van der Waals surface area contributed by atoms with E-state index in [9.17, 15) is 26.9 Å². The molecular formula is C22H18F3N3O6S2. The molecule has 190 valence electrons. The number of anilines is 2. The maximum Gasteiger partial charge on any atom is 0.490 e. The number of hydrogen-bond donors (Lipinski definition) is 1. The molecule has 1 aliphatic rings. The molecule has 0 fully saturated rings. The first-order valence-corrected chi connectivity index (χ1v) is 12.5. The van der Waals surface area contributed by atoms with Crippen LogP contribution in [0.3, 0.4) is 0 Å². The molecule has 0 spiro atoms. The van der Waals surface area contributed by atoms with Crippen molar-refractivity contribution in [2.45, 2.75) is 16.8 Å².